The molecule has 108 valence electrons. The maximum Gasteiger partial charge on any atom is 0.0125 e. The first-order valence-electron chi connectivity index (χ1n) is 7.53. The second-order valence-electron chi connectivity index (χ2n) is 7.42. The molecule has 0 bridgehead atoms. The van der Waals surface area contributed by atoms with Crippen molar-refractivity contribution in [3.63, 3.8) is 0 Å². The van der Waals surface area contributed by atoms with E-state index in [2.05, 4.69) is 42.5 Å². The van der Waals surface area contributed by atoms with Gasteiger partial charge in [-0.3, -0.25) is 9.21 Å². The summed E-state index contributed by atoms with van der Waals surface area (Å²) in [5.74, 6) is 2.02. The van der Waals surface area contributed by atoms with E-state index in [1.165, 1.54) is 45.4 Å². The normalized spacial score (nSPS) is 26.2. The number of piperidine rings is 1. The quantitative estimate of drug-likeness (QED) is 0.789. The van der Waals surface area contributed by atoms with Gasteiger partial charge in [-0.2, -0.15) is 0 Å². The first-order valence-corrected chi connectivity index (χ1v) is 9.72. The summed E-state index contributed by atoms with van der Waals surface area (Å²) in [6, 6.07) is 0. The molecule has 0 aromatic carbocycles. The third kappa shape index (κ3) is 3.64. The molecule has 0 aromatic rings. The van der Waals surface area contributed by atoms with Gasteiger partial charge >= 0.3 is 0 Å². The number of thiol groups is 1. The van der Waals surface area contributed by atoms with Gasteiger partial charge in [-0.1, -0.05) is 0 Å². The van der Waals surface area contributed by atoms with E-state index in [4.69, 9.17) is 0 Å². The van der Waals surface area contributed by atoms with Crippen LogP contribution in [0.3, 0.4) is 0 Å². The molecule has 2 heterocycles. The van der Waals surface area contributed by atoms with E-state index < -0.39 is 0 Å². The molecule has 18 heavy (non-hydrogen) atoms. The summed E-state index contributed by atoms with van der Waals surface area (Å²) < 4.78 is 2.67. The van der Waals surface area contributed by atoms with Crippen LogP contribution in [0.25, 0.3) is 0 Å². The van der Waals surface area contributed by atoms with Gasteiger partial charge in [0.25, 0.3) is 0 Å². The molecule has 0 aromatic heterocycles. The van der Waals surface area contributed by atoms with Crippen molar-refractivity contribution in [2.24, 2.45) is 11.8 Å². The van der Waals surface area contributed by atoms with Crippen LogP contribution in [-0.4, -0.2) is 53.4 Å². The number of rotatable bonds is 3. The van der Waals surface area contributed by atoms with Gasteiger partial charge in [-0.05, 0) is 77.5 Å². The van der Waals surface area contributed by atoms with Gasteiger partial charge in [0.15, 0.2) is 0 Å². The second-order valence-corrected chi connectivity index (χ2v) is 9.68. The smallest absolute Gasteiger partial charge is 0.0125 e. The molecule has 0 spiro atoms. The maximum absolute atomic E-state index is 2.67. The zero-order valence-corrected chi connectivity index (χ0v) is 13.8. The molecule has 2 nitrogen and oxygen atoms in total. The van der Waals surface area contributed by atoms with Crippen LogP contribution in [0, 0.1) is 11.8 Å². The Kier molecular flexibility index (Phi) is 4.66. The Labute approximate surface area is 117 Å². The summed E-state index contributed by atoms with van der Waals surface area (Å²) in [4.78, 5) is 2.66. The Bertz CT molecular complexity index is 258. The lowest BCUT2D eigenvalue weighted by Gasteiger charge is -2.46. The van der Waals surface area contributed by atoms with Crippen LogP contribution in [0.5, 0.6) is 0 Å². The molecular formula is C15H32N2S. The standard InChI is InChI=1S/C15H32N2S/c1-15(2,3)16-8-6-13(7-9-16)10-14-11-17(12-14)18(4)5/h13-14,18H,6-12H2,1-5H3. The van der Waals surface area contributed by atoms with Crippen LogP contribution < -0.4 is 0 Å². The fourth-order valence-corrected chi connectivity index (χ4v) is 4.44. The molecule has 2 fully saturated rings. The van der Waals surface area contributed by atoms with E-state index in [1.54, 1.807) is 0 Å². The van der Waals surface area contributed by atoms with Crippen molar-refractivity contribution >= 4 is 11.1 Å². The lowest BCUT2D eigenvalue weighted by molar-refractivity contribution is 0.0707. The van der Waals surface area contributed by atoms with Crippen molar-refractivity contribution in [1.29, 1.82) is 0 Å². The maximum atomic E-state index is 2.67. The van der Waals surface area contributed by atoms with E-state index in [0.29, 0.717) is 5.54 Å². The van der Waals surface area contributed by atoms with Crippen LogP contribution in [0.15, 0.2) is 0 Å². The average molecular weight is 273 g/mol. The molecule has 0 atom stereocenters. The molecular weight excluding hydrogens is 240 g/mol. The average Bonchev–Trinajstić information content (AvgIpc) is 2.21. The topological polar surface area (TPSA) is 6.48 Å². The van der Waals surface area contributed by atoms with Gasteiger partial charge in [-0.15, -0.1) is 0 Å². The highest BCUT2D eigenvalue weighted by Crippen LogP contribution is 2.36. The number of hydrogen-bond donors (Lipinski definition) is 1. The predicted octanol–water partition coefficient (Wildman–Crippen LogP) is 2.99. The minimum atomic E-state index is 0.178. The summed E-state index contributed by atoms with van der Waals surface area (Å²) in [7, 11) is 0. The summed E-state index contributed by atoms with van der Waals surface area (Å²) in [5, 5.41) is 0. The Hall–Kier alpha value is 0.270. The molecule has 2 aliphatic heterocycles. The fraction of sp³-hybridized carbons (Fsp3) is 1.00. The lowest BCUT2D eigenvalue weighted by Crippen LogP contribution is -2.48. The number of nitrogens with zero attached hydrogens (tertiary/aromatic N) is 2. The van der Waals surface area contributed by atoms with Crippen molar-refractivity contribution in [3.8, 4) is 0 Å². The molecule has 0 saturated carbocycles. The summed E-state index contributed by atoms with van der Waals surface area (Å²) in [6.07, 6.45) is 9.12. The fourth-order valence-electron chi connectivity index (χ4n) is 3.33. The predicted molar refractivity (Wildman–Crippen MR) is 84.6 cm³/mol. The van der Waals surface area contributed by atoms with E-state index in [1.807, 2.05) is 0 Å². The Balaban J connectivity index is 1.66. The van der Waals surface area contributed by atoms with E-state index >= 15 is 0 Å². The minimum Gasteiger partial charge on any atom is -0.298 e. The Morgan fingerprint density at radius 3 is 2.00 bits per heavy atom. The van der Waals surface area contributed by atoms with Gasteiger partial charge in [0.2, 0.25) is 0 Å². The Morgan fingerprint density at radius 2 is 1.56 bits per heavy atom. The molecule has 0 aliphatic carbocycles. The van der Waals surface area contributed by atoms with Crippen LogP contribution in [0.2, 0.25) is 0 Å². The molecule has 0 amide bonds. The number of hydrogen-bond acceptors (Lipinski definition) is 2. The monoisotopic (exact) mass is 272 g/mol. The third-order valence-electron chi connectivity index (χ3n) is 4.73. The first-order chi connectivity index (χ1) is 8.36. The van der Waals surface area contributed by atoms with Crippen molar-refractivity contribution in [2.45, 2.75) is 45.6 Å². The molecule has 3 heteroatoms. The van der Waals surface area contributed by atoms with Crippen molar-refractivity contribution in [3.05, 3.63) is 0 Å². The highest BCUT2D eigenvalue weighted by Gasteiger charge is 2.32. The van der Waals surface area contributed by atoms with Gasteiger partial charge in [-0.25, -0.2) is 11.1 Å². The number of likely N-dealkylation sites (tertiary alicyclic amines) is 1. The van der Waals surface area contributed by atoms with Crippen molar-refractivity contribution < 1.29 is 0 Å². The highest BCUT2D eigenvalue weighted by molar-refractivity contribution is 8.13. The van der Waals surface area contributed by atoms with E-state index in [-0.39, 0.29) is 11.1 Å². The summed E-state index contributed by atoms with van der Waals surface area (Å²) in [5.41, 5.74) is 0.374. The van der Waals surface area contributed by atoms with E-state index in [9.17, 15) is 0 Å². The van der Waals surface area contributed by atoms with Crippen LogP contribution in [-0.2, 0) is 0 Å². The Morgan fingerprint density at radius 1 is 1.00 bits per heavy atom. The summed E-state index contributed by atoms with van der Waals surface area (Å²) in [6.45, 7) is 12.5. The highest BCUT2D eigenvalue weighted by atomic mass is 32.2. The largest absolute Gasteiger partial charge is 0.298 e. The third-order valence-corrected chi connectivity index (χ3v) is 6.19. The van der Waals surface area contributed by atoms with Gasteiger partial charge in [0, 0.05) is 18.6 Å². The second kappa shape index (κ2) is 5.72. The van der Waals surface area contributed by atoms with Gasteiger partial charge in [0.05, 0.1) is 0 Å². The van der Waals surface area contributed by atoms with Crippen molar-refractivity contribution in [1.82, 2.24) is 9.21 Å². The zero-order valence-electron chi connectivity index (χ0n) is 12.9. The molecule has 2 rings (SSSR count). The molecule has 2 saturated heterocycles. The zero-order chi connectivity index (χ0) is 13.3. The van der Waals surface area contributed by atoms with Crippen molar-refractivity contribution in [2.75, 3.05) is 38.7 Å². The van der Waals surface area contributed by atoms with Crippen LogP contribution in [0.1, 0.15) is 40.0 Å². The molecule has 2 aliphatic rings. The SMILES string of the molecule is C[SH](C)N1CC(CC2CCN(C(C)(C)C)CC2)C1. The lowest BCUT2D eigenvalue weighted by atomic mass is 9.83. The minimum absolute atomic E-state index is 0.178. The first kappa shape index (κ1) is 14.7. The molecule has 0 radical (unpaired) electrons. The molecule has 0 unspecified atom stereocenters. The summed E-state index contributed by atoms with van der Waals surface area (Å²) >= 11 is 0.178. The van der Waals surface area contributed by atoms with E-state index in [0.717, 1.165) is 11.8 Å². The van der Waals surface area contributed by atoms with Gasteiger partial charge in [0.1, 0.15) is 0 Å². The van der Waals surface area contributed by atoms with Gasteiger partial charge < -0.3 is 0 Å². The van der Waals surface area contributed by atoms with Crippen LogP contribution in [0.4, 0.5) is 0 Å². The molecule has 0 N–H and O–H groups in total. The van der Waals surface area contributed by atoms with Crippen LogP contribution >= 0.6 is 11.1 Å².